The van der Waals surface area contributed by atoms with Crippen LogP contribution < -0.4 is 16.2 Å². The van der Waals surface area contributed by atoms with Gasteiger partial charge in [-0.05, 0) is 51.7 Å². The summed E-state index contributed by atoms with van der Waals surface area (Å²) in [4.78, 5) is 26.3. The van der Waals surface area contributed by atoms with Crippen LogP contribution in [0.3, 0.4) is 0 Å². The number of fused-ring (bicyclic) bond motifs is 2. The van der Waals surface area contributed by atoms with Gasteiger partial charge in [-0.25, -0.2) is 23.1 Å². The molecular weight excluding hydrogens is 526 g/mol. The highest BCUT2D eigenvalue weighted by atomic mass is 32.2. The summed E-state index contributed by atoms with van der Waals surface area (Å²) in [7, 11) is -3.73. The van der Waals surface area contributed by atoms with Gasteiger partial charge in [0.1, 0.15) is 11.0 Å². The molecule has 1 fully saturated rings. The number of para-hydroxylation sites is 1. The van der Waals surface area contributed by atoms with Gasteiger partial charge in [-0.15, -0.1) is 5.92 Å². The van der Waals surface area contributed by atoms with Crippen molar-refractivity contribution in [2.75, 3.05) is 18.0 Å². The van der Waals surface area contributed by atoms with Crippen LogP contribution in [0.5, 0.6) is 0 Å². The molecule has 0 bridgehead atoms. The summed E-state index contributed by atoms with van der Waals surface area (Å²) in [5, 5.41) is 4.62. The number of aliphatic imine (C=N–C) groups is 1. The second kappa shape index (κ2) is 10.2. The monoisotopic (exact) mass is 557 g/mol. The van der Waals surface area contributed by atoms with Crippen LogP contribution >= 0.6 is 0 Å². The molecule has 10 nitrogen and oxygen atoms in total. The number of nitrogens with two attached hydrogens (primary N) is 1. The number of rotatable bonds is 4. The van der Waals surface area contributed by atoms with Crippen LogP contribution in [0.2, 0.25) is 0 Å². The quantitative estimate of drug-likeness (QED) is 0.488. The maximum absolute atomic E-state index is 14.1. The molecule has 6 rings (SSSR count). The van der Waals surface area contributed by atoms with Crippen LogP contribution in [-0.4, -0.2) is 52.6 Å². The van der Waals surface area contributed by atoms with Gasteiger partial charge in [0.05, 0.1) is 40.0 Å². The van der Waals surface area contributed by atoms with Crippen molar-refractivity contribution in [3.8, 4) is 11.8 Å². The molecule has 1 saturated heterocycles. The highest BCUT2D eigenvalue weighted by Gasteiger charge is 2.32. The van der Waals surface area contributed by atoms with Crippen molar-refractivity contribution < 1.29 is 8.42 Å². The van der Waals surface area contributed by atoms with Crippen LogP contribution in [0, 0.1) is 18.8 Å². The molecule has 1 aromatic carbocycles. The van der Waals surface area contributed by atoms with E-state index in [2.05, 4.69) is 21.8 Å². The molecule has 0 saturated carbocycles. The predicted molar refractivity (Wildman–Crippen MR) is 156 cm³/mol. The van der Waals surface area contributed by atoms with E-state index in [1.807, 2.05) is 17.6 Å². The summed E-state index contributed by atoms with van der Waals surface area (Å²) in [5.74, 6) is 6.68. The molecule has 0 amide bonds. The third-order valence-electron chi connectivity index (χ3n) is 7.62. The number of hydrogen-bond donors (Lipinski definition) is 1. The largest absolute Gasteiger partial charge is 0.341 e. The maximum Gasteiger partial charge on any atom is 0.293 e. The third-order valence-corrected chi connectivity index (χ3v) is 9.62. The van der Waals surface area contributed by atoms with E-state index < -0.39 is 9.84 Å². The minimum atomic E-state index is -3.73. The zero-order chi connectivity index (χ0) is 28.0. The predicted octanol–water partition coefficient (Wildman–Crippen LogP) is 3.02. The SMILES string of the molecule is CC#CCn1c(N2CCCC(N)C2)nc2c(C)nn(CC3=Nc4ccccc4S(=O)(=O)C4=C3C=CCC4)c(=O)c21. The van der Waals surface area contributed by atoms with Crippen molar-refractivity contribution in [2.24, 2.45) is 10.7 Å². The number of anilines is 1. The van der Waals surface area contributed by atoms with Gasteiger partial charge in [-0.1, -0.05) is 30.2 Å². The second-order valence-corrected chi connectivity index (χ2v) is 12.3. The first-order valence-corrected chi connectivity index (χ1v) is 15.0. The molecule has 4 heterocycles. The number of allylic oxidation sites excluding steroid dienone is 4. The smallest absolute Gasteiger partial charge is 0.293 e. The first kappa shape index (κ1) is 26.2. The summed E-state index contributed by atoms with van der Waals surface area (Å²) < 4.78 is 30.4. The van der Waals surface area contributed by atoms with Gasteiger partial charge in [0.2, 0.25) is 15.8 Å². The van der Waals surface area contributed by atoms with Gasteiger partial charge in [0.25, 0.3) is 5.56 Å². The molecule has 2 aliphatic heterocycles. The Kier molecular flexibility index (Phi) is 6.68. The summed E-state index contributed by atoms with van der Waals surface area (Å²) in [5.41, 5.74) is 8.84. The minimum absolute atomic E-state index is 0.0111. The highest BCUT2D eigenvalue weighted by molar-refractivity contribution is 7.95. The van der Waals surface area contributed by atoms with Crippen molar-refractivity contribution in [1.82, 2.24) is 19.3 Å². The Morgan fingerprint density at radius 1 is 1.23 bits per heavy atom. The van der Waals surface area contributed by atoms with Crippen LogP contribution in [0.25, 0.3) is 11.0 Å². The van der Waals surface area contributed by atoms with E-state index in [1.54, 1.807) is 37.3 Å². The Morgan fingerprint density at radius 2 is 2.05 bits per heavy atom. The molecule has 0 radical (unpaired) electrons. The number of benzene rings is 1. The molecule has 3 aromatic rings. The van der Waals surface area contributed by atoms with E-state index in [0.717, 1.165) is 19.4 Å². The Hall–Kier alpha value is -4.01. The fourth-order valence-electron chi connectivity index (χ4n) is 5.71. The Bertz CT molecular complexity index is 1850. The van der Waals surface area contributed by atoms with E-state index in [-0.39, 0.29) is 23.0 Å². The minimum Gasteiger partial charge on any atom is -0.341 e. The van der Waals surface area contributed by atoms with E-state index in [0.29, 0.717) is 70.5 Å². The van der Waals surface area contributed by atoms with Crippen LogP contribution in [0.15, 0.2) is 61.6 Å². The molecule has 2 aromatic heterocycles. The summed E-state index contributed by atoms with van der Waals surface area (Å²) >= 11 is 0. The lowest BCUT2D eigenvalue weighted by Gasteiger charge is -2.31. The first-order valence-electron chi connectivity index (χ1n) is 13.5. The van der Waals surface area contributed by atoms with Crippen LogP contribution in [0.1, 0.15) is 38.3 Å². The van der Waals surface area contributed by atoms with Crippen molar-refractivity contribution in [1.29, 1.82) is 0 Å². The van der Waals surface area contributed by atoms with Crippen LogP contribution in [-0.2, 0) is 22.9 Å². The molecular formula is C29H31N7O3S. The average Bonchev–Trinajstić information content (AvgIpc) is 3.31. The van der Waals surface area contributed by atoms with Crippen molar-refractivity contribution in [3.05, 3.63) is 62.9 Å². The number of nitrogens with zero attached hydrogens (tertiary/aromatic N) is 6. The Labute approximate surface area is 232 Å². The van der Waals surface area contributed by atoms with Gasteiger partial charge in [-0.2, -0.15) is 5.10 Å². The summed E-state index contributed by atoms with van der Waals surface area (Å²) in [6.07, 6.45) is 6.64. The van der Waals surface area contributed by atoms with Crippen molar-refractivity contribution in [2.45, 2.75) is 63.6 Å². The molecule has 1 unspecified atom stereocenters. The lowest BCUT2D eigenvalue weighted by atomic mass is 10.0. The van der Waals surface area contributed by atoms with E-state index in [1.165, 1.54) is 4.68 Å². The van der Waals surface area contributed by atoms with E-state index >= 15 is 0 Å². The zero-order valence-corrected chi connectivity index (χ0v) is 23.4. The van der Waals surface area contributed by atoms with Gasteiger partial charge in [-0.3, -0.25) is 9.36 Å². The van der Waals surface area contributed by atoms with E-state index in [9.17, 15) is 13.2 Å². The Balaban J connectivity index is 1.52. The molecule has 11 heteroatoms. The molecule has 3 aliphatic rings. The lowest BCUT2D eigenvalue weighted by molar-refractivity contribution is 0.496. The average molecular weight is 558 g/mol. The summed E-state index contributed by atoms with van der Waals surface area (Å²) in [6, 6.07) is 6.77. The maximum atomic E-state index is 14.1. The number of aryl methyl sites for hydroxylation is 1. The van der Waals surface area contributed by atoms with E-state index in [4.69, 9.17) is 15.7 Å². The fourth-order valence-corrected chi connectivity index (χ4v) is 7.49. The lowest BCUT2D eigenvalue weighted by Crippen LogP contribution is -2.44. The number of imidazole rings is 1. The standard InChI is InChI=1S/C29H31N7O3S/c1-3-4-16-35-27-26(32-29(35)34-15-9-10-20(30)17-34)19(2)33-36(28(27)37)18-23-21-11-5-7-13-24(21)40(38,39)25-14-8-6-12-22(25)31-23/h5-6,8,11-12,14,20H,7,9-10,13,15-18,30H2,1-2H3. The zero-order valence-electron chi connectivity index (χ0n) is 22.6. The topological polar surface area (TPSA) is 128 Å². The molecule has 40 heavy (non-hydrogen) atoms. The van der Waals surface area contributed by atoms with Gasteiger partial charge >= 0.3 is 0 Å². The van der Waals surface area contributed by atoms with Crippen molar-refractivity contribution >= 4 is 38.2 Å². The normalized spacial score (nSPS) is 19.9. The number of hydrogen-bond acceptors (Lipinski definition) is 8. The number of piperidine rings is 1. The number of sulfone groups is 1. The third kappa shape index (κ3) is 4.37. The molecule has 2 N–H and O–H groups in total. The van der Waals surface area contributed by atoms with Crippen molar-refractivity contribution in [3.63, 3.8) is 0 Å². The molecule has 1 aliphatic carbocycles. The number of aromatic nitrogens is 4. The molecule has 206 valence electrons. The highest BCUT2D eigenvalue weighted by Crippen LogP contribution is 2.38. The molecule has 0 spiro atoms. The van der Waals surface area contributed by atoms with Gasteiger partial charge < -0.3 is 10.6 Å². The van der Waals surface area contributed by atoms with Gasteiger partial charge in [0.15, 0.2) is 0 Å². The fraction of sp³-hybridized carbons (Fsp3) is 0.379. The Morgan fingerprint density at radius 3 is 2.85 bits per heavy atom. The molecule has 1 atom stereocenters. The summed E-state index contributed by atoms with van der Waals surface area (Å²) in [6.45, 7) is 5.35. The first-order chi connectivity index (χ1) is 19.3. The second-order valence-electron chi connectivity index (χ2n) is 10.3. The van der Waals surface area contributed by atoms with Crippen LogP contribution in [0.4, 0.5) is 11.6 Å². The van der Waals surface area contributed by atoms with Gasteiger partial charge in [0, 0.05) is 24.7 Å².